The molecule has 1 aliphatic rings. The van der Waals surface area contributed by atoms with Gasteiger partial charge in [0.25, 0.3) is 0 Å². The van der Waals surface area contributed by atoms with Gasteiger partial charge in [-0.25, -0.2) is 0 Å². The maximum Gasteiger partial charge on any atom is 0.308 e. The van der Waals surface area contributed by atoms with Gasteiger partial charge >= 0.3 is 5.97 Å². The van der Waals surface area contributed by atoms with Crippen LogP contribution in [0.2, 0.25) is 0 Å². The molecule has 1 heterocycles. The van der Waals surface area contributed by atoms with Crippen LogP contribution in [0.5, 0.6) is 11.5 Å². The van der Waals surface area contributed by atoms with Crippen molar-refractivity contribution >= 4 is 11.9 Å². The third kappa shape index (κ3) is 4.82. The number of carbonyl (C=O) groups is 2. The highest BCUT2D eigenvalue weighted by atomic mass is 16.5. The molecular weight excluding hydrogens is 358 g/mol. The number of hydrogen-bond donors (Lipinski definition) is 1. The topological polar surface area (TPSA) is 76.1 Å². The molecule has 28 heavy (non-hydrogen) atoms. The lowest BCUT2D eigenvalue weighted by atomic mass is 10.1. The van der Waals surface area contributed by atoms with Crippen molar-refractivity contribution in [2.75, 3.05) is 19.8 Å². The van der Waals surface area contributed by atoms with Crippen molar-refractivity contribution in [2.45, 2.75) is 26.8 Å². The third-order valence-corrected chi connectivity index (χ3v) is 5.00. The van der Waals surface area contributed by atoms with Crippen molar-refractivity contribution in [2.24, 2.45) is 5.92 Å². The zero-order chi connectivity index (χ0) is 20.1. The first-order valence-electron chi connectivity index (χ1n) is 9.35. The number of benzene rings is 2. The number of aliphatic carboxylic acids is 1. The van der Waals surface area contributed by atoms with E-state index in [4.69, 9.17) is 14.6 Å². The number of nitrogens with zero attached hydrogens (tertiary/aromatic N) is 1. The summed E-state index contributed by atoms with van der Waals surface area (Å²) in [5, 5.41) is 9.08. The summed E-state index contributed by atoms with van der Waals surface area (Å²) in [5.74, 6) is -0.104. The van der Waals surface area contributed by atoms with Gasteiger partial charge < -0.3 is 19.5 Å². The summed E-state index contributed by atoms with van der Waals surface area (Å²) < 4.78 is 11.6. The molecule has 0 bridgehead atoms. The van der Waals surface area contributed by atoms with E-state index >= 15 is 0 Å². The zero-order valence-corrected chi connectivity index (χ0v) is 16.2. The molecule has 0 aliphatic carbocycles. The highest BCUT2D eigenvalue weighted by Crippen LogP contribution is 2.23. The van der Waals surface area contributed by atoms with E-state index < -0.39 is 11.9 Å². The van der Waals surface area contributed by atoms with Crippen molar-refractivity contribution in [1.29, 1.82) is 0 Å². The Hall–Kier alpha value is -3.02. The number of ether oxygens (including phenoxy) is 2. The monoisotopic (exact) mass is 383 g/mol. The summed E-state index contributed by atoms with van der Waals surface area (Å²) in [7, 11) is 0. The minimum absolute atomic E-state index is 0.0707. The summed E-state index contributed by atoms with van der Waals surface area (Å²) in [4.78, 5) is 24.7. The van der Waals surface area contributed by atoms with E-state index in [-0.39, 0.29) is 18.9 Å². The lowest BCUT2D eigenvalue weighted by Crippen LogP contribution is -2.25. The van der Waals surface area contributed by atoms with Gasteiger partial charge in [0.15, 0.2) is 0 Å². The molecule has 1 N–H and O–H groups in total. The van der Waals surface area contributed by atoms with Crippen LogP contribution in [0.25, 0.3) is 0 Å². The first kappa shape index (κ1) is 19.7. The molecule has 2 aromatic rings. The maximum atomic E-state index is 12.0. The van der Waals surface area contributed by atoms with E-state index in [1.54, 1.807) is 4.90 Å². The highest BCUT2D eigenvalue weighted by Gasteiger charge is 2.34. The van der Waals surface area contributed by atoms with Crippen LogP contribution in [-0.2, 0) is 16.1 Å². The Morgan fingerprint density at radius 2 is 1.89 bits per heavy atom. The van der Waals surface area contributed by atoms with E-state index in [0.717, 1.165) is 16.9 Å². The second-order valence-corrected chi connectivity index (χ2v) is 7.06. The number of carbonyl (C=O) groups excluding carboxylic acids is 1. The molecule has 1 saturated heterocycles. The minimum atomic E-state index is -0.920. The molecule has 6 heteroatoms. The SMILES string of the molecule is Cc1cccc(OCCOc2cccc(CN3CC(C(=O)O)CC3=O)c2)c1C. The molecule has 1 aliphatic heterocycles. The van der Waals surface area contributed by atoms with Crippen molar-refractivity contribution in [3.63, 3.8) is 0 Å². The average Bonchev–Trinajstić information content (AvgIpc) is 3.03. The molecule has 3 rings (SSSR count). The number of carboxylic acid groups (broad SMARTS) is 1. The number of hydrogen-bond acceptors (Lipinski definition) is 4. The standard InChI is InChI=1S/C22H25NO5/c1-15-5-3-8-20(16(15)2)28-10-9-27-19-7-4-6-17(11-19)13-23-14-18(22(25)26)12-21(23)24/h3-8,11,18H,9-10,12-14H2,1-2H3,(H,25,26). The van der Waals surface area contributed by atoms with Crippen molar-refractivity contribution in [3.05, 3.63) is 59.2 Å². The van der Waals surface area contributed by atoms with Crippen LogP contribution in [0, 0.1) is 19.8 Å². The number of rotatable bonds is 8. The molecule has 0 spiro atoms. The van der Waals surface area contributed by atoms with Gasteiger partial charge in [-0.1, -0.05) is 24.3 Å². The van der Waals surface area contributed by atoms with Gasteiger partial charge in [-0.2, -0.15) is 0 Å². The van der Waals surface area contributed by atoms with Gasteiger partial charge in [0, 0.05) is 19.5 Å². The molecule has 0 aromatic heterocycles. The fourth-order valence-electron chi connectivity index (χ4n) is 3.24. The van der Waals surface area contributed by atoms with Crippen molar-refractivity contribution < 1.29 is 24.2 Å². The van der Waals surface area contributed by atoms with Crippen molar-refractivity contribution in [1.82, 2.24) is 4.90 Å². The molecule has 1 amide bonds. The van der Waals surface area contributed by atoms with Gasteiger partial charge in [0.2, 0.25) is 5.91 Å². The van der Waals surface area contributed by atoms with Crippen LogP contribution in [0.4, 0.5) is 0 Å². The lowest BCUT2D eigenvalue weighted by molar-refractivity contribution is -0.141. The molecule has 1 atom stereocenters. The van der Waals surface area contributed by atoms with E-state index in [1.165, 1.54) is 5.56 Å². The number of amides is 1. The molecule has 1 fully saturated rings. The summed E-state index contributed by atoms with van der Waals surface area (Å²) in [6.07, 6.45) is 0.0707. The fourth-order valence-corrected chi connectivity index (χ4v) is 3.24. The highest BCUT2D eigenvalue weighted by molar-refractivity contribution is 5.86. The van der Waals surface area contributed by atoms with Gasteiger partial charge in [-0.3, -0.25) is 9.59 Å². The van der Waals surface area contributed by atoms with Crippen LogP contribution >= 0.6 is 0 Å². The molecule has 0 saturated carbocycles. The molecule has 0 radical (unpaired) electrons. The Morgan fingerprint density at radius 3 is 2.64 bits per heavy atom. The maximum absolute atomic E-state index is 12.0. The van der Waals surface area contributed by atoms with Gasteiger partial charge in [0.05, 0.1) is 5.92 Å². The number of likely N-dealkylation sites (tertiary alicyclic amines) is 1. The largest absolute Gasteiger partial charge is 0.490 e. The Bertz CT molecular complexity index is 864. The first-order valence-corrected chi connectivity index (χ1v) is 9.35. The predicted octanol–water partition coefficient (Wildman–Crippen LogP) is 3.19. The van der Waals surface area contributed by atoms with Gasteiger partial charge in [-0.05, 0) is 48.7 Å². The zero-order valence-electron chi connectivity index (χ0n) is 16.2. The summed E-state index contributed by atoms with van der Waals surface area (Å²) in [6.45, 7) is 5.55. The van der Waals surface area contributed by atoms with Crippen LogP contribution in [0.3, 0.4) is 0 Å². The predicted molar refractivity (Wildman–Crippen MR) is 105 cm³/mol. The molecular formula is C22H25NO5. The van der Waals surface area contributed by atoms with Gasteiger partial charge in [0.1, 0.15) is 24.7 Å². The average molecular weight is 383 g/mol. The number of aryl methyl sites for hydroxylation is 1. The van der Waals surface area contributed by atoms with E-state index in [2.05, 4.69) is 0 Å². The summed E-state index contributed by atoms with van der Waals surface area (Å²) in [6, 6.07) is 13.5. The normalized spacial score (nSPS) is 16.3. The Labute approximate surface area is 164 Å². The smallest absolute Gasteiger partial charge is 0.308 e. The molecule has 1 unspecified atom stereocenters. The van der Waals surface area contributed by atoms with Crippen LogP contribution < -0.4 is 9.47 Å². The van der Waals surface area contributed by atoms with Crippen molar-refractivity contribution in [3.8, 4) is 11.5 Å². The van der Waals surface area contributed by atoms with Crippen LogP contribution in [0.15, 0.2) is 42.5 Å². The Balaban J connectivity index is 1.50. The van der Waals surface area contributed by atoms with Gasteiger partial charge in [-0.15, -0.1) is 0 Å². The fraction of sp³-hybridized carbons (Fsp3) is 0.364. The van der Waals surface area contributed by atoms with Crippen LogP contribution in [-0.4, -0.2) is 41.6 Å². The van der Waals surface area contributed by atoms with Crippen LogP contribution in [0.1, 0.15) is 23.1 Å². The molecule has 6 nitrogen and oxygen atoms in total. The first-order chi connectivity index (χ1) is 13.4. The second kappa shape index (κ2) is 8.78. The quantitative estimate of drug-likeness (QED) is 0.709. The summed E-state index contributed by atoms with van der Waals surface area (Å²) >= 11 is 0. The number of carboxylic acids is 1. The lowest BCUT2D eigenvalue weighted by Gasteiger charge is -2.17. The minimum Gasteiger partial charge on any atom is -0.490 e. The molecule has 2 aromatic carbocycles. The Morgan fingerprint density at radius 1 is 1.14 bits per heavy atom. The van der Waals surface area contributed by atoms with E-state index in [1.807, 2.05) is 56.3 Å². The Kier molecular flexibility index (Phi) is 6.19. The van der Waals surface area contributed by atoms with E-state index in [9.17, 15) is 9.59 Å². The third-order valence-electron chi connectivity index (χ3n) is 5.00. The molecule has 148 valence electrons. The second-order valence-electron chi connectivity index (χ2n) is 7.06. The van der Waals surface area contributed by atoms with E-state index in [0.29, 0.717) is 25.5 Å². The summed E-state index contributed by atoms with van der Waals surface area (Å²) in [5.41, 5.74) is 3.22.